The van der Waals surface area contributed by atoms with Crippen LogP contribution in [0.1, 0.15) is 10.5 Å². The molecule has 0 fully saturated rings. The van der Waals surface area contributed by atoms with Crippen molar-refractivity contribution in [1.82, 2.24) is 10.5 Å². The van der Waals surface area contributed by atoms with Crippen molar-refractivity contribution in [3.63, 3.8) is 0 Å². The summed E-state index contributed by atoms with van der Waals surface area (Å²) in [5, 5.41) is 18.2. The van der Waals surface area contributed by atoms with Crippen molar-refractivity contribution in [2.45, 2.75) is 0 Å². The van der Waals surface area contributed by atoms with Crippen molar-refractivity contribution < 1.29 is 15.1 Å². The Kier molecular flexibility index (Phi) is 2.34. The van der Waals surface area contributed by atoms with Gasteiger partial charge < -0.3 is 10.1 Å². The lowest BCUT2D eigenvalue weighted by Crippen LogP contribution is -2.22. The average Bonchev–Trinajstić information content (AvgIpc) is 2.33. The Hall–Kier alpha value is -2.34. The second-order valence-corrected chi connectivity index (χ2v) is 3.16. The van der Waals surface area contributed by atoms with E-state index >= 15 is 0 Å². The number of hydrogen-bond acceptors (Lipinski definition) is 4. The third-order valence-corrected chi connectivity index (χ3v) is 2.21. The molecule has 2 aromatic rings. The van der Waals surface area contributed by atoms with E-state index in [9.17, 15) is 14.7 Å². The van der Waals surface area contributed by atoms with Gasteiger partial charge >= 0.3 is 0 Å². The van der Waals surface area contributed by atoms with E-state index in [0.717, 1.165) is 0 Å². The molecule has 6 heteroatoms. The number of aromatic amines is 1. The fourth-order valence-electron chi connectivity index (χ4n) is 1.45. The van der Waals surface area contributed by atoms with Crippen LogP contribution < -0.4 is 10.9 Å². The number of rotatable bonds is 1. The Labute approximate surface area is 89.1 Å². The SMILES string of the molecule is O=C(NO)c1[nH]c2ccccc2c(=O)c1O. The molecular formula is C10H8N2O4. The molecule has 2 rings (SSSR count). The third kappa shape index (κ3) is 1.41. The van der Waals surface area contributed by atoms with Crippen LogP contribution in [0.2, 0.25) is 0 Å². The third-order valence-electron chi connectivity index (χ3n) is 2.21. The summed E-state index contributed by atoms with van der Waals surface area (Å²) in [5.41, 5.74) is 0.723. The summed E-state index contributed by atoms with van der Waals surface area (Å²) >= 11 is 0. The average molecular weight is 220 g/mol. The molecule has 0 radical (unpaired) electrons. The maximum atomic E-state index is 11.6. The number of H-pyrrole nitrogens is 1. The number of amides is 1. The summed E-state index contributed by atoms with van der Waals surface area (Å²) in [6, 6.07) is 6.43. The van der Waals surface area contributed by atoms with Crippen LogP contribution in [0, 0.1) is 0 Å². The van der Waals surface area contributed by atoms with E-state index in [1.807, 2.05) is 0 Å². The molecule has 0 atom stereocenters. The number of hydroxylamine groups is 1. The van der Waals surface area contributed by atoms with Gasteiger partial charge in [-0.05, 0) is 12.1 Å². The molecule has 0 spiro atoms. The molecule has 0 saturated carbocycles. The molecule has 4 N–H and O–H groups in total. The predicted octanol–water partition coefficient (Wildman–Crippen LogP) is 0.353. The van der Waals surface area contributed by atoms with Gasteiger partial charge in [0.05, 0.1) is 5.52 Å². The van der Waals surface area contributed by atoms with Crippen LogP contribution in [-0.2, 0) is 0 Å². The van der Waals surface area contributed by atoms with E-state index < -0.39 is 17.1 Å². The highest BCUT2D eigenvalue weighted by atomic mass is 16.5. The Morgan fingerprint density at radius 1 is 1.31 bits per heavy atom. The highest BCUT2D eigenvalue weighted by Gasteiger charge is 2.16. The van der Waals surface area contributed by atoms with Gasteiger partial charge in [-0.25, -0.2) is 5.48 Å². The molecule has 0 aliphatic rings. The van der Waals surface area contributed by atoms with E-state index in [0.29, 0.717) is 5.52 Å². The van der Waals surface area contributed by atoms with Gasteiger partial charge in [0.2, 0.25) is 5.43 Å². The molecule has 0 aliphatic carbocycles. The lowest BCUT2D eigenvalue weighted by atomic mass is 10.1. The molecule has 0 unspecified atom stereocenters. The number of aromatic nitrogens is 1. The summed E-state index contributed by atoms with van der Waals surface area (Å²) in [7, 11) is 0. The lowest BCUT2D eigenvalue weighted by Gasteiger charge is -2.04. The Morgan fingerprint density at radius 2 is 2.00 bits per heavy atom. The van der Waals surface area contributed by atoms with Gasteiger partial charge in [0.1, 0.15) is 0 Å². The quantitative estimate of drug-likeness (QED) is 0.411. The normalized spacial score (nSPS) is 10.3. The first-order valence-corrected chi connectivity index (χ1v) is 4.43. The maximum absolute atomic E-state index is 11.6. The fraction of sp³-hybridized carbons (Fsp3) is 0. The first-order chi connectivity index (χ1) is 7.65. The van der Waals surface area contributed by atoms with E-state index in [1.54, 1.807) is 18.2 Å². The largest absolute Gasteiger partial charge is 0.503 e. The van der Waals surface area contributed by atoms with Crippen LogP contribution >= 0.6 is 0 Å². The van der Waals surface area contributed by atoms with Crippen molar-refractivity contribution in [2.75, 3.05) is 0 Å². The Bertz CT molecular complexity index is 618. The zero-order valence-electron chi connectivity index (χ0n) is 8.02. The molecule has 1 aromatic heterocycles. The summed E-state index contributed by atoms with van der Waals surface area (Å²) in [6.45, 7) is 0. The highest BCUT2D eigenvalue weighted by Crippen LogP contribution is 2.15. The summed E-state index contributed by atoms with van der Waals surface area (Å²) in [4.78, 5) is 25.3. The van der Waals surface area contributed by atoms with Gasteiger partial charge in [-0.1, -0.05) is 12.1 Å². The fourth-order valence-corrected chi connectivity index (χ4v) is 1.45. The molecule has 0 aliphatic heterocycles. The number of carbonyl (C=O) groups is 1. The van der Waals surface area contributed by atoms with Gasteiger partial charge in [-0.2, -0.15) is 0 Å². The van der Waals surface area contributed by atoms with Crippen molar-refractivity contribution in [3.05, 3.63) is 40.2 Å². The minimum Gasteiger partial charge on any atom is -0.503 e. The number of pyridine rings is 1. The molecule has 82 valence electrons. The molecule has 0 saturated heterocycles. The van der Waals surface area contributed by atoms with Crippen LogP contribution in [0.3, 0.4) is 0 Å². The number of carbonyl (C=O) groups excluding carboxylic acids is 1. The van der Waals surface area contributed by atoms with E-state index in [4.69, 9.17) is 5.21 Å². The standard InChI is InChI=1S/C10H8N2O4/c13-8-5-3-1-2-4-6(5)11-7(9(8)14)10(15)12-16/h1-4,14,16H,(H,11,13)(H,12,15). The van der Waals surface area contributed by atoms with Crippen LogP contribution in [0.25, 0.3) is 10.9 Å². The van der Waals surface area contributed by atoms with Gasteiger partial charge in [-0.3, -0.25) is 14.8 Å². The smallest absolute Gasteiger partial charge is 0.295 e. The minimum atomic E-state index is -0.972. The van der Waals surface area contributed by atoms with Crippen LogP contribution in [0.4, 0.5) is 0 Å². The first-order valence-electron chi connectivity index (χ1n) is 4.43. The minimum absolute atomic E-state index is 0.273. The monoisotopic (exact) mass is 220 g/mol. The van der Waals surface area contributed by atoms with E-state index in [1.165, 1.54) is 11.5 Å². The number of hydrogen-bond donors (Lipinski definition) is 4. The zero-order chi connectivity index (χ0) is 11.7. The maximum Gasteiger partial charge on any atom is 0.295 e. The molecule has 1 heterocycles. The van der Waals surface area contributed by atoms with Gasteiger partial charge in [0.25, 0.3) is 5.91 Å². The van der Waals surface area contributed by atoms with Crippen molar-refractivity contribution in [1.29, 1.82) is 0 Å². The molecular weight excluding hydrogens is 212 g/mol. The molecule has 0 bridgehead atoms. The number of aromatic hydroxyl groups is 1. The van der Waals surface area contributed by atoms with Crippen molar-refractivity contribution >= 4 is 16.8 Å². The Balaban J connectivity index is 2.84. The zero-order valence-corrected chi connectivity index (χ0v) is 8.02. The summed E-state index contributed by atoms with van der Waals surface area (Å²) in [5.74, 6) is -1.69. The highest BCUT2D eigenvalue weighted by molar-refractivity contribution is 5.97. The molecule has 6 nitrogen and oxygen atoms in total. The van der Waals surface area contributed by atoms with Crippen LogP contribution in [0.5, 0.6) is 5.75 Å². The molecule has 1 amide bonds. The first kappa shape index (κ1) is 10.2. The molecule has 16 heavy (non-hydrogen) atoms. The number of fused-ring (bicyclic) bond motifs is 1. The van der Waals surface area contributed by atoms with Crippen LogP contribution in [-0.4, -0.2) is 21.2 Å². The van der Waals surface area contributed by atoms with Crippen molar-refractivity contribution in [2.24, 2.45) is 0 Å². The number of para-hydroxylation sites is 1. The van der Waals surface area contributed by atoms with Gasteiger partial charge in [-0.15, -0.1) is 0 Å². The van der Waals surface area contributed by atoms with Crippen LogP contribution in [0.15, 0.2) is 29.1 Å². The number of benzene rings is 1. The lowest BCUT2D eigenvalue weighted by molar-refractivity contribution is 0.0697. The van der Waals surface area contributed by atoms with Crippen molar-refractivity contribution in [3.8, 4) is 5.75 Å². The summed E-state index contributed by atoms with van der Waals surface area (Å²) in [6.07, 6.45) is 0. The Morgan fingerprint density at radius 3 is 2.69 bits per heavy atom. The van der Waals surface area contributed by atoms with E-state index in [-0.39, 0.29) is 11.1 Å². The van der Waals surface area contributed by atoms with Gasteiger partial charge in [0.15, 0.2) is 11.4 Å². The number of nitrogens with one attached hydrogen (secondary N) is 2. The predicted molar refractivity (Wildman–Crippen MR) is 55.5 cm³/mol. The second-order valence-electron chi connectivity index (χ2n) is 3.16. The summed E-state index contributed by atoms with van der Waals surface area (Å²) < 4.78 is 0. The van der Waals surface area contributed by atoms with Gasteiger partial charge in [0, 0.05) is 5.39 Å². The van der Waals surface area contributed by atoms with E-state index in [2.05, 4.69) is 4.98 Å². The molecule has 1 aromatic carbocycles. The topological polar surface area (TPSA) is 102 Å². The second kappa shape index (κ2) is 3.67.